The largest absolute Gasteiger partial charge is 0.460 e. The molecular formula is C39H49BrF3N3O5. The first kappa shape index (κ1) is 40.4. The zero-order valence-corrected chi connectivity index (χ0v) is 31.0. The highest BCUT2D eigenvalue weighted by atomic mass is 79.9. The van der Waals surface area contributed by atoms with Crippen LogP contribution in [0, 0.1) is 11.3 Å². The minimum absolute atomic E-state index is 0.00480. The van der Waals surface area contributed by atoms with Crippen molar-refractivity contribution in [3.05, 3.63) is 76.5 Å². The van der Waals surface area contributed by atoms with Gasteiger partial charge in [0.05, 0.1) is 41.1 Å². The molecule has 1 saturated heterocycles. The van der Waals surface area contributed by atoms with Crippen molar-refractivity contribution in [1.29, 1.82) is 5.26 Å². The third-order valence-electron chi connectivity index (χ3n) is 9.30. The Hall–Kier alpha value is -3.40. The van der Waals surface area contributed by atoms with Gasteiger partial charge in [-0.25, -0.2) is 9.59 Å². The number of hydrogen-bond donors (Lipinski definition) is 0. The van der Waals surface area contributed by atoms with Crippen LogP contribution in [0.2, 0.25) is 0 Å². The molecule has 51 heavy (non-hydrogen) atoms. The smallest absolute Gasteiger partial charge is 0.416 e. The predicted molar refractivity (Wildman–Crippen MR) is 193 cm³/mol. The van der Waals surface area contributed by atoms with Crippen LogP contribution in [-0.2, 0) is 25.2 Å². The Labute approximate surface area is 308 Å². The normalized spacial score (nSPS) is 18.2. The molecule has 2 aromatic rings. The van der Waals surface area contributed by atoms with Crippen LogP contribution < -0.4 is 4.90 Å². The molecule has 0 saturated carbocycles. The highest BCUT2D eigenvalue weighted by molar-refractivity contribution is 9.09. The Morgan fingerprint density at radius 2 is 1.63 bits per heavy atom. The van der Waals surface area contributed by atoms with Gasteiger partial charge in [0.2, 0.25) is 0 Å². The molecule has 0 N–H and O–H groups in total. The Morgan fingerprint density at radius 3 is 2.24 bits per heavy atom. The summed E-state index contributed by atoms with van der Waals surface area (Å²) in [6.07, 6.45) is 8.46. The lowest BCUT2D eigenvalue weighted by molar-refractivity contribution is -0.172. The van der Waals surface area contributed by atoms with Crippen molar-refractivity contribution in [3.8, 4) is 6.07 Å². The van der Waals surface area contributed by atoms with Crippen molar-refractivity contribution in [2.75, 3.05) is 36.6 Å². The molecule has 4 rings (SSSR count). The van der Waals surface area contributed by atoms with Gasteiger partial charge in [0.15, 0.2) is 6.29 Å². The molecule has 2 unspecified atom stereocenters. The quantitative estimate of drug-likeness (QED) is 0.0802. The van der Waals surface area contributed by atoms with E-state index in [-0.39, 0.29) is 43.0 Å². The molecule has 2 heterocycles. The molecule has 8 nitrogen and oxygen atoms in total. The van der Waals surface area contributed by atoms with Gasteiger partial charge in [0.25, 0.3) is 0 Å². The minimum atomic E-state index is -4.63. The molecule has 0 aliphatic carbocycles. The Bertz CT molecular complexity index is 1490. The molecule has 0 radical (unpaired) electrons. The summed E-state index contributed by atoms with van der Waals surface area (Å²) >= 11 is 3.47. The number of amides is 2. The van der Waals surface area contributed by atoms with E-state index in [1.54, 1.807) is 36.1 Å². The number of unbranched alkanes of at least 4 members (excludes halogenated alkanes) is 9. The molecule has 0 aromatic heterocycles. The van der Waals surface area contributed by atoms with E-state index in [0.29, 0.717) is 24.2 Å². The number of nitriles is 1. The van der Waals surface area contributed by atoms with Crippen molar-refractivity contribution in [1.82, 2.24) is 4.90 Å². The third kappa shape index (κ3) is 11.8. The monoisotopic (exact) mass is 775 g/mol. The van der Waals surface area contributed by atoms with E-state index in [4.69, 9.17) is 14.2 Å². The summed E-state index contributed by atoms with van der Waals surface area (Å²) in [5, 5.41) is 10.5. The van der Waals surface area contributed by atoms with Gasteiger partial charge in [-0.2, -0.15) is 18.4 Å². The van der Waals surface area contributed by atoms with Gasteiger partial charge < -0.3 is 19.1 Å². The van der Waals surface area contributed by atoms with Gasteiger partial charge in [-0.1, -0.05) is 85.5 Å². The predicted octanol–water partition coefficient (Wildman–Crippen LogP) is 10.2. The maximum atomic E-state index is 14.4. The number of esters is 1. The number of carbonyl (C=O) groups excluding carboxylic acids is 2. The standard InChI is InChI=1S/C39H49BrF3N3O5/c1-29-35(37(47)51-26-25-50-34-17-10-13-24-49-34)36(31-20-18-30(28-44)19-21-31)45(23-12-9-7-5-3-2-4-6-8-11-22-40)38(48)46(29)33-16-14-15-32(27-33)39(41,42)43/h14-16,18-21,27,34,36H,2-13,17,22-26H2,1H3. The van der Waals surface area contributed by atoms with Crippen molar-refractivity contribution in [2.24, 2.45) is 0 Å². The molecule has 1 fully saturated rings. The van der Waals surface area contributed by atoms with E-state index in [9.17, 15) is 28.0 Å². The summed E-state index contributed by atoms with van der Waals surface area (Å²) in [5.41, 5.74) is 0.385. The van der Waals surface area contributed by atoms with Gasteiger partial charge in [-0.05, 0) is 74.9 Å². The number of hydrogen-bond acceptors (Lipinski definition) is 6. The number of rotatable bonds is 19. The molecule has 2 aliphatic rings. The van der Waals surface area contributed by atoms with Crippen LogP contribution in [-0.4, -0.2) is 54.9 Å². The second-order valence-electron chi connectivity index (χ2n) is 13.0. The van der Waals surface area contributed by atoms with E-state index < -0.39 is 29.8 Å². The first-order valence-electron chi connectivity index (χ1n) is 18.1. The first-order valence-corrected chi connectivity index (χ1v) is 19.2. The molecule has 2 amide bonds. The average Bonchev–Trinajstić information content (AvgIpc) is 3.13. The van der Waals surface area contributed by atoms with Crippen LogP contribution in [0.3, 0.4) is 0 Å². The summed E-state index contributed by atoms with van der Waals surface area (Å²) in [4.78, 5) is 31.1. The number of alkyl halides is 4. The van der Waals surface area contributed by atoms with Crippen molar-refractivity contribution >= 4 is 33.6 Å². The lowest BCUT2D eigenvalue weighted by Crippen LogP contribution is -2.51. The lowest BCUT2D eigenvalue weighted by Gasteiger charge is -2.43. The number of nitrogens with zero attached hydrogens (tertiary/aromatic N) is 3. The molecule has 2 aliphatic heterocycles. The summed E-state index contributed by atoms with van der Waals surface area (Å²) < 4.78 is 58.5. The van der Waals surface area contributed by atoms with Crippen molar-refractivity contribution in [3.63, 3.8) is 0 Å². The molecule has 278 valence electrons. The van der Waals surface area contributed by atoms with Crippen molar-refractivity contribution < 1.29 is 37.0 Å². The number of urea groups is 1. The number of anilines is 1. The fourth-order valence-electron chi connectivity index (χ4n) is 6.58. The second kappa shape index (κ2) is 20.6. The number of allylic oxidation sites excluding steroid dienone is 1. The maximum Gasteiger partial charge on any atom is 0.416 e. The fraction of sp³-hybridized carbons (Fsp3) is 0.564. The maximum absolute atomic E-state index is 14.4. The van der Waals surface area contributed by atoms with E-state index >= 15 is 0 Å². The van der Waals surface area contributed by atoms with Crippen LogP contribution in [0.1, 0.15) is 113 Å². The molecule has 12 heteroatoms. The van der Waals surface area contributed by atoms with E-state index in [1.807, 2.05) is 0 Å². The van der Waals surface area contributed by atoms with Crippen LogP contribution in [0.15, 0.2) is 59.8 Å². The van der Waals surface area contributed by atoms with E-state index in [1.165, 1.54) is 49.1 Å². The summed E-state index contributed by atoms with van der Waals surface area (Å²) in [6.45, 7) is 2.44. The summed E-state index contributed by atoms with van der Waals surface area (Å²) in [7, 11) is 0. The summed E-state index contributed by atoms with van der Waals surface area (Å²) in [6, 6.07) is 11.8. The van der Waals surface area contributed by atoms with E-state index in [2.05, 4.69) is 22.0 Å². The molecule has 2 atom stereocenters. The van der Waals surface area contributed by atoms with Crippen LogP contribution in [0.5, 0.6) is 0 Å². The van der Waals surface area contributed by atoms with Crippen LogP contribution in [0.4, 0.5) is 23.7 Å². The minimum Gasteiger partial charge on any atom is -0.460 e. The Morgan fingerprint density at radius 1 is 0.961 bits per heavy atom. The number of benzene rings is 2. The van der Waals surface area contributed by atoms with Crippen LogP contribution >= 0.6 is 15.9 Å². The van der Waals surface area contributed by atoms with Gasteiger partial charge in [0.1, 0.15) is 6.61 Å². The molecule has 0 bridgehead atoms. The number of ether oxygens (including phenoxy) is 3. The highest BCUT2D eigenvalue weighted by Crippen LogP contribution is 2.41. The lowest BCUT2D eigenvalue weighted by atomic mass is 9.91. The first-order chi connectivity index (χ1) is 24.7. The zero-order chi connectivity index (χ0) is 36.6. The Balaban J connectivity index is 1.59. The number of carbonyl (C=O) groups is 2. The second-order valence-corrected chi connectivity index (χ2v) is 13.8. The average molecular weight is 777 g/mol. The van der Waals surface area contributed by atoms with Crippen molar-refractivity contribution in [2.45, 2.75) is 109 Å². The van der Waals surface area contributed by atoms with Crippen LogP contribution in [0.25, 0.3) is 0 Å². The third-order valence-corrected chi connectivity index (χ3v) is 9.86. The highest BCUT2D eigenvalue weighted by Gasteiger charge is 2.43. The van der Waals surface area contributed by atoms with E-state index in [0.717, 1.165) is 62.4 Å². The fourth-order valence-corrected chi connectivity index (χ4v) is 6.97. The Kier molecular flexibility index (Phi) is 16.3. The van der Waals surface area contributed by atoms with Gasteiger partial charge in [-0.3, -0.25) is 4.90 Å². The molecule has 0 spiro atoms. The van der Waals surface area contributed by atoms with Gasteiger partial charge >= 0.3 is 18.2 Å². The zero-order valence-electron chi connectivity index (χ0n) is 29.4. The van der Waals surface area contributed by atoms with Gasteiger partial charge in [0, 0.05) is 24.2 Å². The van der Waals surface area contributed by atoms with Gasteiger partial charge in [-0.15, -0.1) is 0 Å². The topological polar surface area (TPSA) is 92.1 Å². The number of halogens is 4. The molecular weight excluding hydrogens is 727 g/mol. The summed E-state index contributed by atoms with van der Waals surface area (Å²) in [5.74, 6) is -0.708. The SMILES string of the molecule is CC1=C(C(=O)OCCOC2CCCCO2)C(c2ccc(C#N)cc2)N(CCCCCCCCCCCCBr)C(=O)N1c1cccc(C(F)(F)F)c1. The molecule has 2 aromatic carbocycles.